The number of hydrogen-bond donors (Lipinski definition) is 1. The minimum Gasteiger partial charge on any atom is -0.347 e. The van der Waals surface area contributed by atoms with Crippen LogP contribution < -0.4 is 5.32 Å². The molecule has 0 fully saturated rings. The summed E-state index contributed by atoms with van der Waals surface area (Å²) >= 11 is 4.53. The quantitative estimate of drug-likeness (QED) is 0.454. The molecule has 3 rings (SSSR count). The van der Waals surface area contributed by atoms with Crippen molar-refractivity contribution < 1.29 is 9.59 Å². The minimum atomic E-state index is -0.0870. The summed E-state index contributed by atoms with van der Waals surface area (Å²) in [6.45, 7) is 2.49. The van der Waals surface area contributed by atoms with E-state index in [9.17, 15) is 9.59 Å². The number of thioether (sulfide) groups is 1. The molecule has 0 saturated carbocycles. The summed E-state index contributed by atoms with van der Waals surface area (Å²) in [7, 11) is 0. The maximum atomic E-state index is 12.5. The van der Waals surface area contributed by atoms with Gasteiger partial charge in [-0.2, -0.15) is 0 Å². The van der Waals surface area contributed by atoms with Crippen molar-refractivity contribution in [1.82, 2.24) is 5.32 Å². The number of rotatable bonds is 7. The van der Waals surface area contributed by atoms with Gasteiger partial charge in [0.1, 0.15) is 0 Å². The molecular weight excluding hydrogens is 370 g/mol. The first-order chi connectivity index (χ1) is 12.2. The first kappa shape index (κ1) is 17.9. The summed E-state index contributed by atoms with van der Waals surface area (Å²) in [5.41, 5.74) is 0.695. The number of thiophene rings is 2. The van der Waals surface area contributed by atoms with Gasteiger partial charge in [0.15, 0.2) is 0 Å². The Balaban J connectivity index is 1.64. The summed E-state index contributed by atoms with van der Waals surface area (Å²) in [5, 5.41) is 4.85. The third-order valence-electron chi connectivity index (χ3n) is 3.49. The molecule has 6 heteroatoms. The van der Waals surface area contributed by atoms with Crippen molar-refractivity contribution in [3.05, 3.63) is 74.1 Å². The smallest absolute Gasteiger partial charge is 0.252 e. The predicted octanol–water partition coefficient (Wildman–Crippen LogP) is 5.08. The molecule has 0 aliphatic heterocycles. The molecule has 1 amide bonds. The Morgan fingerprint density at radius 1 is 1.04 bits per heavy atom. The highest BCUT2D eigenvalue weighted by atomic mass is 32.2. The van der Waals surface area contributed by atoms with Crippen LogP contribution in [0.2, 0.25) is 0 Å². The number of benzene rings is 1. The van der Waals surface area contributed by atoms with Crippen LogP contribution >= 0.6 is 34.4 Å². The van der Waals surface area contributed by atoms with E-state index in [1.807, 2.05) is 53.9 Å². The lowest BCUT2D eigenvalue weighted by Crippen LogP contribution is -2.22. The number of carbonyl (C=O) groups excluding carboxylic acids is 2. The summed E-state index contributed by atoms with van der Waals surface area (Å²) in [4.78, 5) is 28.2. The minimum absolute atomic E-state index is 0.0438. The molecule has 1 N–H and O–H groups in total. The van der Waals surface area contributed by atoms with E-state index in [1.165, 1.54) is 22.7 Å². The molecule has 0 spiro atoms. The van der Waals surface area contributed by atoms with Crippen molar-refractivity contribution in [2.24, 2.45) is 0 Å². The van der Waals surface area contributed by atoms with E-state index in [0.717, 1.165) is 20.4 Å². The van der Waals surface area contributed by atoms with Crippen molar-refractivity contribution in [2.45, 2.75) is 18.4 Å². The number of amides is 1. The average molecular weight is 388 g/mol. The van der Waals surface area contributed by atoms with Gasteiger partial charge in [-0.25, -0.2) is 0 Å². The Labute approximate surface area is 159 Å². The zero-order valence-corrected chi connectivity index (χ0v) is 16.1. The van der Waals surface area contributed by atoms with Crippen LogP contribution in [-0.4, -0.2) is 17.4 Å². The Bertz CT molecular complexity index is 868. The Morgan fingerprint density at radius 3 is 2.64 bits per heavy atom. The molecule has 0 radical (unpaired) electrons. The zero-order chi connectivity index (χ0) is 17.6. The molecule has 3 nitrogen and oxygen atoms in total. The highest BCUT2D eigenvalue weighted by Crippen LogP contribution is 2.24. The van der Waals surface area contributed by atoms with Crippen LogP contribution in [0, 0.1) is 0 Å². The van der Waals surface area contributed by atoms with E-state index in [2.05, 4.69) is 12.2 Å². The second-order valence-corrected chi connectivity index (χ2v) is 8.61. The lowest BCUT2D eigenvalue weighted by molar-refractivity contribution is 0.0948. The maximum Gasteiger partial charge on any atom is 0.252 e. The molecule has 0 aliphatic carbocycles. The first-order valence-corrected chi connectivity index (χ1v) is 10.5. The standard InChI is InChI=1S/C19H17NO2S3/c1-2-23-15-7-4-3-6-14(15)19(22)20-12-13-9-10-17(25-13)18(21)16-8-5-11-24-16/h3-11H,2,12H2,1H3,(H,20,22). The summed E-state index contributed by atoms with van der Waals surface area (Å²) in [5.74, 6) is 0.877. The van der Waals surface area contributed by atoms with Gasteiger partial charge in [-0.1, -0.05) is 25.1 Å². The van der Waals surface area contributed by atoms with Crippen molar-refractivity contribution in [1.29, 1.82) is 0 Å². The fraction of sp³-hybridized carbons (Fsp3) is 0.158. The third-order valence-corrected chi connectivity index (χ3v) is 6.39. The SMILES string of the molecule is CCSc1ccccc1C(=O)NCc1ccc(C(=O)c2cccs2)s1. The Morgan fingerprint density at radius 2 is 1.88 bits per heavy atom. The van der Waals surface area contributed by atoms with Crippen molar-refractivity contribution in [3.8, 4) is 0 Å². The van der Waals surface area contributed by atoms with Gasteiger partial charge in [0.05, 0.1) is 21.9 Å². The van der Waals surface area contributed by atoms with Gasteiger partial charge in [0.25, 0.3) is 5.91 Å². The normalized spacial score (nSPS) is 10.6. The number of ketones is 1. The highest BCUT2D eigenvalue weighted by Gasteiger charge is 2.14. The molecule has 0 bridgehead atoms. The summed E-state index contributed by atoms with van der Waals surface area (Å²) in [6, 6.07) is 15.1. The van der Waals surface area contributed by atoms with E-state index in [-0.39, 0.29) is 11.7 Å². The van der Waals surface area contributed by atoms with E-state index >= 15 is 0 Å². The van der Waals surface area contributed by atoms with Crippen LogP contribution in [0.25, 0.3) is 0 Å². The molecule has 0 unspecified atom stereocenters. The van der Waals surface area contributed by atoms with E-state index < -0.39 is 0 Å². The van der Waals surface area contributed by atoms with Crippen molar-refractivity contribution >= 4 is 46.1 Å². The molecule has 0 atom stereocenters. The molecule has 2 aromatic heterocycles. The molecule has 25 heavy (non-hydrogen) atoms. The number of hydrogen-bond acceptors (Lipinski definition) is 5. The Kier molecular flexibility index (Phi) is 6.07. The second kappa shape index (κ2) is 8.47. The van der Waals surface area contributed by atoms with E-state index in [0.29, 0.717) is 17.0 Å². The second-order valence-electron chi connectivity index (χ2n) is 5.18. The lowest BCUT2D eigenvalue weighted by Gasteiger charge is -2.08. The fourth-order valence-electron chi connectivity index (χ4n) is 2.32. The van der Waals surface area contributed by atoms with Crippen LogP contribution in [0.15, 0.2) is 58.8 Å². The van der Waals surface area contributed by atoms with E-state index in [1.54, 1.807) is 11.8 Å². The summed E-state index contributed by atoms with van der Waals surface area (Å²) < 4.78 is 0. The molecule has 0 saturated heterocycles. The van der Waals surface area contributed by atoms with Crippen LogP contribution in [0.5, 0.6) is 0 Å². The fourth-order valence-corrected chi connectivity index (χ4v) is 4.77. The largest absolute Gasteiger partial charge is 0.347 e. The lowest BCUT2D eigenvalue weighted by atomic mass is 10.2. The third kappa shape index (κ3) is 4.39. The van der Waals surface area contributed by atoms with Crippen LogP contribution in [0.4, 0.5) is 0 Å². The number of nitrogens with one attached hydrogen (secondary N) is 1. The van der Waals surface area contributed by atoms with Gasteiger partial charge in [0, 0.05) is 9.77 Å². The maximum absolute atomic E-state index is 12.5. The van der Waals surface area contributed by atoms with Gasteiger partial charge >= 0.3 is 0 Å². The van der Waals surface area contributed by atoms with Gasteiger partial charge in [0.2, 0.25) is 5.78 Å². The monoisotopic (exact) mass is 387 g/mol. The Hall–Kier alpha value is -1.89. The van der Waals surface area contributed by atoms with Crippen LogP contribution in [0.3, 0.4) is 0 Å². The average Bonchev–Trinajstić information content (AvgIpc) is 3.32. The van der Waals surface area contributed by atoms with Gasteiger partial charge in [-0.05, 0) is 41.5 Å². The molecule has 0 aliphatic rings. The first-order valence-electron chi connectivity index (χ1n) is 7.86. The van der Waals surface area contributed by atoms with Crippen LogP contribution in [-0.2, 0) is 6.54 Å². The molecule has 2 heterocycles. The van der Waals surface area contributed by atoms with Gasteiger partial charge in [-0.15, -0.1) is 34.4 Å². The topological polar surface area (TPSA) is 46.2 Å². The summed E-state index contributed by atoms with van der Waals surface area (Å²) in [6.07, 6.45) is 0. The van der Waals surface area contributed by atoms with Gasteiger partial charge in [-0.3, -0.25) is 9.59 Å². The molecule has 1 aromatic carbocycles. The van der Waals surface area contributed by atoms with E-state index in [4.69, 9.17) is 0 Å². The zero-order valence-electron chi connectivity index (χ0n) is 13.7. The van der Waals surface area contributed by atoms with Crippen molar-refractivity contribution in [2.75, 3.05) is 5.75 Å². The van der Waals surface area contributed by atoms with Crippen molar-refractivity contribution in [3.63, 3.8) is 0 Å². The highest BCUT2D eigenvalue weighted by molar-refractivity contribution is 7.99. The molecule has 3 aromatic rings. The predicted molar refractivity (Wildman–Crippen MR) is 106 cm³/mol. The number of carbonyl (C=O) groups is 2. The van der Waals surface area contributed by atoms with Gasteiger partial charge < -0.3 is 5.32 Å². The van der Waals surface area contributed by atoms with Crippen LogP contribution in [0.1, 0.15) is 36.7 Å². The molecular formula is C19H17NO2S3. The molecule has 128 valence electrons.